The van der Waals surface area contributed by atoms with Gasteiger partial charge in [0.15, 0.2) is 5.82 Å². The molecule has 1 unspecified atom stereocenters. The molecule has 0 fully saturated rings. The normalized spacial score (nSPS) is 11.8. The molecule has 0 aliphatic rings. The summed E-state index contributed by atoms with van der Waals surface area (Å²) in [6.45, 7) is 1.61. The average molecular weight is 449 g/mol. The first-order chi connectivity index (χ1) is 14.8. The SMILES string of the molecule is COc1ccc(-c2nnc(SCC(=O)NC(C)c3ccc(F)cc3F)n2N)c(OC)c1. The highest BCUT2D eigenvalue weighted by Crippen LogP contribution is 2.33. The molecule has 164 valence electrons. The van der Waals surface area contributed by atoms with Crippen LogP contribution < -0.4 is 20.6 Å². The van der Waals surface area contributed by atoms with E-state index >= 15 is 0 Å². The van der Waals surface area contributed by atoms with Crippen molar-refractivity contribution in [2.24, 2.45) is 0 Å². The maximum atomic E-state index is 13.9. The zero-order valence-corrected chi connectivity index (χ0v) is 17.9. The second-order valence-electron chi connectivity index (χ2n) is 6.49. The smallest absolute Gasteiger partial charge is 0.230 e. The first-order valence-corrected chi connectivity index (χ1v) is 10.1. The number of amides is 1. The minimum atomic E-state index is -0.722. The number of nitrogens with two attached hydrogens (primary N) is 1. The molecule has 1 atom stereocenters. The Morgan fingerprint density at radius 3 is 2.65 bits per heavy atom. The lowest BCUT2D eigenvalue weighted by atomic mass is 10.1. The van der Waals surface area contributed by atoms with Gasteiger partial charge in [-0.25, -0.2) is 13.5 Å². The summed E-state index contributed by atoms with van der Waals surface area (Å²) in [5.41, 5.74) is 0.797. The van der Waals surface area contributed by atoms with Gasteiger partial charge in [0.1, 0.15) is 23.1 Å². The van der Waals surface area contributed by atoms with Crippen LogP contribution in [0.4, 0.5) is 8.78 Å². The minimum Gasteiger partial charge on any atom is -0.497 e. The monoisotopic (exact) mass is 449 g/mol. The highest BCUT2D eigenvalue weighted by Gasteiger charge is 2.19. The van der Waals surface area contributed by atoms with Crippen molar-refractivity contribution in [2.45, 2.75) is 18.1 Å². The fourth-order valence-electron chi connectivity index (χ4n) is 2.89. The van der Waals surface area contributed by atoms with Gasteiger partial charge in [-0.1, -0.05) is 17.8 Å². The highest BCUT2D eigenvalue weighted by molar-refractivity contribution is 7.99. The summed E-state index contributed by atoms with van der Waals surface area (Å²) < 4.78 is 38.7. The van der Waals surface area contributed by atoms with Gasteiger partial charge in [-0.15, -0.1) is 10.2 Å². The second kappa shape index (κ2) is 9.65. The van der Waals surface area contributed by atoms with Gasteiger partial charge in [-0.3, -0.25) is 4.79 Å². The van der Waals surface area contributed by atoms with Gasteiger partial charge in [0.05, 0.1) is 31.6 Å². The van der Waals surface area contributed by atoms with Crippen LogP contribution >= 0.6 is 11.8 Å². The van der Waals surface area contributed by atoms with Crippen LogP contribution in [0.1, 0.15) is 18.5 Å². The Kier molecular flexibility index (Phi) is 6.95. The van der Waals surface area contributed by atoms with Crippen molar-refractivity contribution in [3.63, 3.8) is 0 Å². The number of halogens is 2. The maximum absolute atomic E-state index is 13.9. The fourth-order valence-corrected chi connectivity index (χ4v) is 3.55. The minimum absolute atomic E-state index is 0.0256. The molecule has 8 nitrogen and oxygen atoms in total. The van der Waals surface area contributed by atoms with Gasteiger partial charge < -0.3 is 20.6 Å². The molecule has 0 saturated carbocycles. The number of aromatic nitrogens is 3. The number of carbonyl (C=O) groups is 1. The Bertz CT molecular complexity index is 1090. The van der Waals surface area contributed by atoms with E-state index in [0.29, 0.717) is 28.0 Å². The van der Waals surface area contributed by atoms with Gasteiger partial charge in [0.25, 0.3) is 0 Å². The molecule has 0 spiro atoms. The van der Waals surface area contributed by atoms with Gasteiger partial charge in [-0.2, -0.15) is 0 Å². The highest BCUT2D eigenvalue weighted by atomic mass is 32.2. The predicted octanol–water partition coefficient (Wildman–Crippen LogP) is 2.92. The van der Waals surface area contributed by atoms with Crippen molar-refractivity contribution in [3.05, 3.63) is 53.6 Å². The van der Waals surface area contributed by atoms with E-state index in [1.807, 2.05) is 0 Å². The maximum Gasteiger partial charge on any atom is 0.230 e. The molecule has 0 radical (unpaired) electrons. The topological polar surface area (TPSA) is 104 Å². The molecule has 3 N–H and O–H groups in total. The van der Waals surface area contributed by atoms with E-state index in [4.69, 9.17) is 15.3 Å². The van der Waals surface area contributed by atoms with Crippen LogP contribution in [0.2, 0.25) is 0 Å². The number of methoxy groups -OCH3 is 2. The lowest BCUT2D eigenvalue weighted by Gasteiger charge is -2.15. The zero-order valence-electron chi connectivity index (χ0n) is 17.1. The third-order valence-electron chi connectivity index (χ3n) is 4.45. The number of nitrogens with one attached hydrogen (secondary N) is 1. The molecule has 2 aromatic carbocycles. The van der Waals surface area contributed by atoms with Crippen molar-refractivity contribution in [1.82, 2.24) is 20.2 Å². The molecule has 3 rings (SSSR count). The van der Waals surface area contributed by atoms with E-state index in [-0.39, 0.29) is 17.2 Å². The quantitative estimate of drug-likeness (QED) is 0.402. The van der Waals surface area contributed by atoms with Crippen molar-refractivity contribution in [1.29, 1.82) is 0 Å². The number of benzene rings is 2. The predicted molar refractivity (Wildman–Crippen MR) is 112 cm³/mol. The number of nitrogen functional groups attached to an aromatic ring is 1. The lowest BCUT2D eigenvalue weighted by molar-refractivity contribution is -0.119. The van der Waals surface area contributed by atoms with Crippen LogP contribution in [0.25, 0.3) is 11.4 Å². The summed E-state index contributed by atoms with van der Waals surface area (Å²) in [5.74, 6) is 5.78. The van der Waals surface area contributed by atoms with Crippen LogP contribution in [0, 0.1) is 11.6 Å². The Morgan fingerprint density at radius 2 is 1.97 bits per heavy atom. The van der Waals surface area contributed by atoms with Crippen molar-refractivity contribution >= 4 is 17.7 Å². The zero-order chi connectivity index (χ0) is 22.5. The second-order valence-corrected chi connectivity index (χ2v) is 7.43. The molecular formula is C20H21F2N5O3S. The molecule has 1 aromatic heterocycles. The van der Waals surface area contributed by atoms with Crippen LogP contribution in [-0.4, -0.2) is 40.8 Å². The van der Waals surface area contributed by atoms with E-state index in [0.717, 1.165) is 23.9 Å². The molecule has 11 heteroatoms. The molecule has 1 amide bonds. The number of ether oxygens (including phenoxy) is 2. The standard InChI is InChI=1S/C20H21F2N5O3S/c1-11(14-6-4-12(21)8-16(14)22)24-18(28)10-31-20-26-25-19(27(20)23)15-7-5-13(29-2)9-17(15)30-3/h4-9,11H,10,23H2,1-3H3,(H,24,28). The molecule has 31 heavy (non-hydrogen) atoms. The Hall–Kier alpha value is -3.34. The number of hydrogen-bond acceptors (Lipinski definition) is 7. The van der Waals surface area contributed by atoms with E-state index in [1.54, 1.807) is 32.2 Å². The summed E-state index contributed by atoms with van der Waals surface area (Å²) in [4.78, 5) is 12.3. The van der Waals surface area contributed by atoms with Crippen molar-refractivity contribution in [2.75, 3.05) is 25.8 Å². The van der Waals surface area contributed by atoms with E-state index in [9.17, 15) is 13.6 Å². The first-order valence-electron chi connectivity index (χ1n) is 9.14. The number of thioether (sulfide) groups is 1. The lowest BCUT2D eigenvalue weighted by Crippen LogP contribution is -2.29. The molecule has 3 aromatic rings. The number of carbonyl (C=O) groups excluding carboxylic acids is 1. The molecule has 0 aliphatic heterocycles. The van der Waals surface area contributed by atoms with Crippen LogP contribution in [0.5, 0.6) is 11.5 Å². The fraction of sp³-hybridized carbons (Fsp3) is 0.250. The molecule has 1 heterocycles. The summed E-state index contributed by atoms with van der Waals surface area (Å²) in [7, 11) is 3.06. The van der Waals surface area contributed by atoms with Gasteiger partial charge in [0, 0.05) is 17.7 Å². The third-order valence-corrected chi connectivity index (χ3v) is 5.40. The van der Waals surface area contributed by atoms with Gasteiger partial charge >= 0.3 is 0 Å². The Labute approximate surface area is 181 Å². The average Bonchev–Trinajstić information content (AvgIpc) is 3.11. The van der Waals surface area contributed by atoms with Crippen LogP contribution in [-0.2, 0) is 4.79 Å². The van der Waals surface area contributed by atoms with Crippen molar-refractivity contribution in [3.8, 4) is 22.9 Å². The Balaban J connectivity index is 1.67. The summed E-state index contributed by atoms with van der Waals surface area (Å²) in [5, 5.41) is 11.1. The summed E-state index contributed by atoms with van der Waals surface area (Å²) in [6, 6.07) is 7.76. The van der Waals surface area contributed by atoms with E-state index in [2.05, 4.69) is 15.5 Å². The number of hydrogen-bond donors (Lipinski definition) is 2. The molecular weight excluding hydrogens is 428 g/mol. The van der Waals surface area contributed by atoms with Crippen molar-refractivity contribution < 1.29 is 23.0 Å². The first kappa shape index (κ1) is 22.3. The van der Waals surface area contributed by atoms with Crippen LogP contribution in [0.3, 0.4) is 0 Å². The summed E-state index contributed by atoms with van der Waals surface area (Å²) in [6.07, 6.45) is 0. The largest absolute Gasteiger partial charge is 0.497 e. The number of nitrogens with zero attached hydrogens (tertiary/aromatic N) is 3. The number of rotatable bonds is 8. The molecule has 0 saturated heterocycles. The van der Waals surface area contributed by atoms with Gasteiger partial charge in [0.2, 0.25) is 11.1 Å². The third kappa shape index (κ3) is 5.05. The van der Waals surface area contributed by atoms with E-state index < -0.39 is 17.7 Å². The Morgan fingerprint density at radius 1 is 1.19 bits per heavy atom. The van der Waals surface area contributed by atoms with Gasteiger partial charge in [-0.05, 0) is 25.1 Å². The molecule has 0 aliphatic carbocycles. The van der Waals surface area contributed by atoms with E-state index in [1.165, 1.54) is 17.9 Å². The molecule has 0 bridgehead atoms. The summed E-state index contributed by atoms with van der Waals surface area (Å²) >= 11 is 1.07. The van der Waals surface area contributed by atoms with Crippen LogP contribution in [0.15, 0.2) is 41.6 Å².